The highest BCUT2D eigenvalue weighted by atomic mass is 79.9. The SMILES string of the molecule is COc1cc(/C=N/NC(=O)c2ccc(-n3c(C)ccc3-c3ccccc3)cc2)cc(Cl)c1OCc1ccc(Br)cc1. The Hall–Kier alpha value is -4.33. The average Bonchev–Trinajstić information content (AvgIpc) is 3.38. The lowest BCUT2D eigenvalue weighted by atomic mass is 10.1. The van der Waals surface area contributed by atoms with Gasteiger partial charge in [-0.2, -0.15) is 5.10 Å². The van der Waals surface area contributed by atoms with E-state index in [0.717, 1.165) is 32.7 Å². The summed E-state index contributed by atoms with van der Waals surface area (Å²) in [5.41, 5.74) is 8.99. The highest BCUT2D eigenvalue weighted by Crippen LogP contribution is 2.36. The van der Waals surface area contributed by atoms with E-state index in [-0.39, 0.29) is 5.91 Å². The molecule has 0 spiro atoms. The van der Waals surface area contributed by atoms with Crippen molar-refractivity contribution >= 4 is 39.7 Å². The molecule has 0 aliphatic rings. The largest absolute Gasteiger partial charge is 0.493 e. The molecule has 0 aliphatic heterocycles. The van der Waals surface area contributed by atoms with Crippen molar-refractivity contribution in [3.8, 4) is 28.4 Å². The minimum atomic E-state index is -0.326. The van der Waals surface area contributed by atoms with Crippen LogP contribution in [0.2, 0.25) is 5.02 Å². The molecule has 0 saturated carbocycles. The summed E-state index contributed by atoms with van der Waals surface area (Å²) in [4.78, 5) is 12.8. The van der Waals surface area contributed by atoms with Gasteiger partial charge in [0.1, 0.15) is 6.61 Å². The number of nitrogens with one attached hydrogen (secondary N) is 1. The average molecular weight is 629 g/mol. The first-order chi connectivity index (χ1) is 19.9. The fourth-order valence-electron chi connectivity index (χ4n) is 4.40. The first-order valence-electron chi connectivity index (χ1n) is 12.9. The van der Waals surface area contributed by atoms with Gasteiger partial charge in [-0.3, -0.25) is 4.79 Å². The lowest BCUT2D eigenvalue weighted by molar-refractivity contribution is 0.0955. The van der Waals surface area contributed by atoms with Gasteiger partial charge in [-0.15, -0.1) is 0 Å². The predicted molar refractivity (Wildman–Crippen MR) is 167 cm³/mol. The van der Waals surface area contributed by atoms with E-state index >= 15 is 0 Å². The second-order valence-electron chi connectivity index (χ2n) is 9.26. The quantitative estimate of drug-likeness (QED) is 0.132. The van der Waals surface area contributed by atoms with Crippen LogP contribution in [0.3, 0.4) is 0 Å². The van der Waals surface area contributed by atoms with Crippen LogP contribution in [-0.2, 0) is 6.61 Å². The van der Waals surface area contributed by atoms with Crippen LogP contribution in [0.1, 0.15) is 27.2 Å². The normalized spacial score (nSPS) is 11.0. The van der Waals surface area contributed by atoms with Gasteiger partial charge in [0.25, 0.3) is 5.91 Å². The van der Waals surface area contributed by atoms with E-state index < -0.39 is 0 Å². The van der Waals surface area contributed by atoms with Crippen molar-refractivity contribution in [1.82, 2.24) is 9.99 Å². The van der Waals surface area contributed by atoms with Crippen LogP contribution < -0.4 is 14.9 Å². The van der Waals surface area contributed by atoms with Crippen LogP contribution in [0.5, 0.6) is 11.5 Å². The van der Waals surface area contributed by atoms with Gasteiger partial charge in [0, 0.05) is 21.4 Å². The standard InChI is InChI=1S/C33H27BrClN3O3/c1-22-8-17-30(25-6-4-3-5-7-25)38(22)28-15-11-26(12-16-28)33(39)37-36-20-24-18-29(35)32(31(19-24)40-2)41-21-23-9-13-27(34)14-10-23/h3-20H,21H2,1-2H3,(H,37,39)/b36-20+. The molecule has 0 aliphatic carbocycles. The molecule has 1 amide bonds. The second-order valence-corrected chi connectivity index (χ2v) is 10.6. The molecule has 0 fully saturated rings. The molecule has 0 unspecified atom stereocenters. The van der Waals surface area contributed by atoms with E-state index in [1.807, 2.05) is 54.6 Å². The maximum absolute atomic E-state index is 12.8. The molecule has 0 bridgehead atoms. The van der Waals surface area contributed by atoms with Crippen molar-refractivity contribution in [3.63, 3.8) is 0 Å². The van der Waals surface area contributed by atoms with Crippen molar-refractivity contribution in [3.05, 3.63) is 135 Å². The van der Waals surface area contributed by atoms with Gasteiger partial charge in [0.05, 0.1) is 24.0 Å². The highest BCUT2D eigenvalue weighted by molar-refractivity contribution is 9.10. The molecule has 1 heterocycles. The number of halogens is 2. The molecule has 5 aromatic rings. The Bertz CT molecular complexity index is 1680. The number of hydrogen-bond donors (Lipinski definition) is 1. The summed E-state index contributed by atoms with van der Waals surface area (Å²) in [5, 5.41) is 4.49. The number of ether oxygens (including phenoxy) is 2. The van der Waals surface area contributed by atoms with Crippen molar-refractivity contribution in [2.75, 3.05) is 7.11 Å². The lowest BCUT2D eigenvalue weighted by Gasteiger charge is -2.13. The summed E-state index contributed by atoms with van der Waals surface area (Å²) in [7, 11) is 1.54. The summed E-state index contributed by atoms with van der Waals surface area (Å²) in [6, 6.07) is 33.1. The zero-order valence-electron chi connectivity index (χ0n) is 22.5. The third-order valence-electron chi connectivity index (χ3n) is 6.46. The molecule has 206 valence electrons. The molecule has 4 aromatic carbocycles. The monoisotopic (exact) mass is 627 g/mol. The fraction of sp³-hybridized carbons (Fsp3) is 0.0909. The molecular weight excluding hydrogens is 602 g/mol. The van der Waals surface area contributed by atoms with E-state index in [1.165, 1.54) is 6.21 Å². The summed E-state index contributed by atoms with van der Waals surface area (Å²) in [5.74, 6) is 0.577. The number of amides is 1. The molecule has 0 atom stereocenters. The molecule has 5 rings (SSSR count). The second kappa shape index (κ2) is 12.9. The summed E-state index contributed by atoms with van der Waals surface area (Å²) >= 11 is 9.92. The maximum atomic E-state index is 12.8. The Morgan fingerprint density at radius 3 is 2.41 bits per heavy atom. The van der Waals surface area contributed by atoms with E-state index in [0.29, 0.717) is 34.3 Å². The smallest absolute Gasteiger partial charge is 0.271 e. The third-order valence-corrected chi connectivity index (χ3v) is 7.27. The molecule has 6 nitrogen and oxygen atoms in total. The number of rotatable bonds is 9. The molecule has 1 N–H and O–H groups in total. The number of hydrogen-bond acceptors (Lipinski definition) is 4. The van der Waals surface area contributed by atoms with Gasteiger partial charge in [-0.05, 0) is 84.3 Å². The number of aryl methyl sites for hydroxylation is 1. The summed E-state index contributed by atoms with van der Waals surface area (Å²) < 4.78 is 14.6. The number of hydrazone groups is 1. The minimum Gasteiger partial charge on any atom is -0.493 e. The highest BCUT2D eigenvalue weighted by Gasteiger charge is 2.13. The third kappa shape index (κ3) is 6.70. The zero-order valence-corrected chi connectivity index (χ0v) is 24.8. The van der Waals surface area contributed by atoms with Gasteiger partial charge >= 0.3 is 0 Å². The van der Waals surface area contributed by atoms with Gasteiger partial charge in [0.2, 0.25) is 0 Å². The number of benzene rings is 4. The Kier molecular flexibility index (Phi) is 8.87. The van der Waals surface area contributed by atoms with E-state index in [2.05, 4.69) is 62.2 Å². The Balaban J connectivity index is 1.25. The van der Waals surface area contributed by atoms with Gasteiger partial charge < -0.3 is 14.0 Å². The predicted octanol–water partition coefficient (Wildman–Crippen LogP) is 8.22. The maximum Gasteiger partial charge on any atom is 0.271 e. The van der Waals surface area contributed by atoms with Crippen LogP contribution in [0.25, 0.3) is 16.9 Å². The number of nitrogens with zero attached hydrogens (tertiary/aromatic N) is 2. The first kappa shape index (κ1) is 28.2. The molecule has 0 saturated heterocycles. The number of carbonyl (C=O) groups is 1. The van der Waals surface area contributed by atoms with Gasteiger partial charge in [-0.1, -0.05) is 70.0 Å². The van der Waals surface area contributed by atoms with Crippen molar-refractivity contribution < 1.29 is 14.3 Å². The Morgan fingerprint density at radius 2 is 1.71 bits per heavy atom. The van der Waals surface area contributed by atoms with Crippen molar-refractivity contribution in [2.24, 2.45) is 5.10 Å². The van der Waals surface area contributed by atoms with Crippen LogP contribution in [-0.4, -0.2) is 23.8 Å². The van der Waals surface area contributed by atoms with E-state index in [9.17, 15) is 4.79 Å². The van der Waals surface area contributed by atoms with E-state index in [1.54, 1.807) is 31.4 Å². The van der Waals surface area contributed by atoms with Crippen LogP contribution in [0.15, 0.2) is 113 Å². The summed E-state index contributed by atoms with van der Waals surface area (Å²) in [6.07, 6.45) is 1.51. The Morgan fingerprint density at radius 1 is 0.976 bits per heavy atom. The molecule has 41 heavy (non-hydrogen) atoms. The van der Waals surface area contributed by atoms with E-state index in [4.69, 9.17) is 21.1 Å². The molecule has 8 heteroatoms. The molecular formula is C33H27BrClN3O3. The topological polar surface area (TPSA) is 64.8 Å². The minimum absolute atomic E-state index is 0.326. The number of carbonyl (C=O) groups excluding carboxylic acids is 1. The van der Waals surface area contributed by atoms with Crippen LogP contribution in [0.4, 0.5) is 0 Å². The van der Waals surface area contributed by atoms with Crippen molar-refractivity contribution in [2.45, 2.75) is 13.5 Å². The number of aromatic nitrogens is 1. The Labute approximate surface area is 252 Å². The van der Waals surface area contributed by atoms with Gasteiger partial charge in [0.15, 0.2) is 11.5 Å². The molecule has 0 radical (unpaired) electrons. The lowest BCUT2D eigenvalue weighted by Crippen LogP contribution is -2.17. The zero-order chi connectivity index (χ0) is 28.8. The summed E-state index contributed by atoms with van der Waals surface area (Å²) in [6.45, 7) is 2.40. The van der Waals surface area contributed by atoms with Crippen LogP contribution >= 0.6 is 27.5 Å². The fourth-order valence-corrected chi connectivity index (χ4v) is 4.94. The van der Waals surface area contributed by atoms with Crippen LogP contribution in [0, 0.1) is 6.92 Å². The number of methoxy groups -OCH3 is 1. The first-order valence-corrected chi connectivity index (χ1v) is 14.0. The van der Waals surface area contributed by atoms with Gasteiger partial charge in [-0.25, -0.2) is 5.43 Å². The van der Waals surface area contributed by atoms with Crippen molar-refractivity contribution in [1.29, 1.82) is 0 Å². The molecule has 1 aromatic heterocycles.